The molecule has 0 radical (unpaired) electrons. The molecule has 1 aliphatic heterocycles. The van der Waals surface area contributed by atoms with Crippen molar-refractivity contribution in [3.05, 3.63) is 89.0 Å². The van der Waals surface area contributed by atoms with Crippen LogP contribution in [0.1, 0.15) is 51.1 Å². The molecule has 4 rings (SSSR count). The number of para-hydroxylation sites is 1. The number of phenols is 1. The van der Waals surface area contributed by atoms with E-state index >= 15 is 0 Å². The fourth-order valence-electron chi connectivity index (χ4n) is 4.08. The normalized spacial score (nSPS) is 15.2. The molecule has 8 heteroatoms. The van der Waals surface area contributed by atoms with E-state index in [9.17, 15) is 14.7 Å². The van der Waals surface area contributed by atoms with Crippen molar-refractivity contribution in [2.24, 2.45) is 0 Å². The first kappa shape index (κ1) is 27.0. The molecule has 1 heterocycles. The van der Waals surface area contributed by atoms with Gasteiger partial charge in [-0.25, -0.2) is 0 Å². The van der Waals surface area contributed by atoms with Crippen LogP contribution >= 0.6 is 12.4 Å². The summed E-state index contributed by atoms with van der Waals surface area (Å²) in [6.07, 6.45) is 3.17. The first-order valence-electron chi connectivity index (χ1n) is 11.8. The van der Waals surface area contributed by atoms with Crippen molar-refractivity contribution in [2.45, 2.75) is 31.9 Å². The van der Waals surface area contributed by atoms with Crippen LogP contribution in [-0.4, -0.2) is 43.0 Å². The van der Waals surface area contributed by atoms with E-state index in [1.165, 1.54) is 19.2 Å². The predicted molar refractivity (Wildman–Crippen MR) is 141 cm³/mol. The molecule has 190 valence electrons. The predicted octanol–water partition coefficient (Wildman–Crippen LogP) is 4.50. The lowest BCUT2D eigenvalue weighted by atomic mass is 10.0. The average Bonchev–Trinajstić information content (AvgIpc) is 3.16. The number of ketones is 1. The number of carbonyl (C=O) groups is 2. The second kappa shape index (κ2) is 13.0. The Hall–Kier alpha value is -3.55. The Morgan fingerprint density at radius 2 is 1.81 bits per heavy atom. The fraction of sp³-hybridized carbons (Fsp3) is 0.286. The molecular formula is C28H31ClN2O5. The summed E-state index contributed by atoms with van der Waals surface area (Å²) in [5.74, 6) is 0.456. The summed E-state index contributed by atoms with van der Waals surface area (Å²) in [6.45, 7) is 2.00. The third-order valence-corrected chi connectivity index (χ3v) is 6.07. The molecule has 0 aliphatic carbocycles. The standard InChI is InChI=1S/C28H30N2O5.ClH/c1-34-22-13-14-25(31)24(16-22)27(32)20-11-9-19(10-12-20)18-35-26-8-3-2-7-23(26)28(33)30-21-6-4-5-15-29-17-21;/h2-3,7-14,16,21,29,31H,4-6,15,17-18H2,1H3,(H,30,33);1H. The van der Waals surface area contributed by atoms with E-state index in [-0.39, 0.29) is 48.1 Å². The number of nitrogens with one attached hydrogen (secondary N) is 2. The van der Waals surface area contributed by atoms with Crippen molar-refractivity contribution in [1.82, 2.24) is 10.6 Å². The van der Waals surface area contributed by atoms with Gasteiger partial charge in [-0.2, -0.15) is 0 Å². The van der Waals surface area contributed by atoms with E-state index in [1.807, 2.05) is 12.1 Å². The summed E-state index contributed by atoms with van der Waals surface area (Å²) in [5, 5.41) is 16.6. The molecule has 1 saturated heterocycles. The zero-order valence-corrected chi connectivity index (χ0v) is 21.0. The summed E-state index contributed by atoms with van der Waals surface area (Å²) in [7, 11) is 1.51. The van der Waals surface area contributed by atoms with Gasteiger partial charge >= 0.3 is 0 Å². The number of hydrogen-bond donors (Lipinski definition) is 3. The monoisotopic (exact) mass is 510 g/mol. The molecule has 0 bridgehead atoms. The van der Waals surface area contributed by atoms with E-state index < -0.39 is 0 Å². The maximum absolute atomic E-state index is 12.9. The molecule has 0 spiro atoms. The molecule has 1 atom stereocenters. The van der Waals surface area contributed by atoms with Crippen molar-refractivity contribution >= 4 is 24.1 Å². The summed E-state index contributed by atoms with van der Waals surface area (Å²) < 4.78 is 11.1. The molecule has 1 aliphatic rings. The van der Waals surface area contributed by atoms with E-state index in [1.54, 1.807) is 42.5 Å². The molecule has 0 aromatic heterocycles. The van der Waals surface area contributed by atoms with Gasteiger partial charge < -0.3 is 25.2 Å². The lowest BCUT2D eigenvalue weighted by Gasteiger charge is -2.18. The highest BCUT2D eigenvalue weighted by Gasteiger charge is 2.19. The molecule has 0 saturated carbocycles. The summed E-state index contributed by atoms with van der Waals surface area (Å²) >= 11 is 0. The smallest absolute Gasteiger partial charge is 0.255 e. The molecule has 1 amide bonds. The molecule has 36 heavy (non-hydrogen) atoms. The Morgan fingerprint density at radius 1 is 1.03 bits per heavy atom. The maximum Gasteiger partial charge on any atom is 0.255 e. The van der Waals surface area contributed by atoms with Gasteiger partial charge in [-0.1, -0.05) is 42.8 Å². The molecule has 3 aromatic carbocycles. The Balaban J connectivity index is 0.00000361. The number of halogens is 1. The number of carbonyl (C=O) groups excluding carboxylic acids is 2. The Labute approximate surface area is 217 Å². The highest BCUT2D eigenvalue weighted by Crippen LogP contribution is 2.26. The van der Waals surface area contributed by atoms with Crippen LogP contribution < -0.4 is 20.1 Å². The van der Waals surface area contributed by atoms with Gasteiger partial charge in [-0.3, -0.25) is 9.59 Å². The molecular weight excluding hydrogens is 480 g/mol. The van der Waals surface area contributed by atoms with Gasteiger partial charge in [0.2, 0.25) is 0 Å². The first-order valence-corrected chi connectivity index (χ1v) is 11.8. The van der Waals surface area contributed by atoms with Crippen LogP contribution in [0.2, 0.25) is 0 Å². The Bertz CT molecular complexity index is 1170. The number of hydrogen-bond acceptors (Lipinski definition) is 6. The number of amides is 1. The highest BCUT2D eigenvalue weighted by molar-refractivity contribution is 6.10. The van der Waals surface area contributed by atoms with Gasteiger partial charge in [-0.05, 0) is 55.3 Å². The average molecular weight is 511 g/mol. The van der Waals surface area contributed by atoms with Gasteiger partial charge in [-0.15, -0.1) is 12.4 Å². The van der Waals surface area contributed by atoms with Crippen LogP contribution in [0.4, 0.5) is 0 Å². The van der Waals surface area contributed by atoms with Gasteiger partial charge in [0.05, 0.1) is 18.2 Å². The largest absolute Gasteiger partial charge is 0.507 e. The topological polar surface area (TPSA) is 96.9 Å². The van der Waals surface area contributed by atoms with Crippen LogP contribution in [0.3, 0.4) is 0 Å². The summed E-state index contributed by atoms with van der Waals surface area (Å²) in [4.78, 5) is 25.7. The zero-order chi connectivity index (χ0) is 24.6. The molecule has 1 unspecified atom stereocenters. The highest BCUT2D eigenvalue weighted by atomic mass is 35.5. The number of aromatic hydroxyl groups is 1. The van der Waals surface area contributed by atoms with Crippen molar-refractivity contribution in [1.29, 1.82) is 0 Å². The lowest BCUT2D eigenvalue weighted by Crippen LogP contribution is -2.40. The van der Waals surface area contributed by atoms with Crippen molar-refractivity contribution in [3.63, 3.8) is 0 Å². The summed E-state index contributed by atoms with van der Waals surface area (Å²) in [6, 6.07) is 18.8. The van der Waals surface area contributed by atoms with Gasteiger partial charge in [0, 0.05) is 18.2 Å². The molecule has 3 aromatic rings. The van der Waals surface area contributed by atoms with Crippen LogP contribution in [0.25, 0.3) is 0 Å². The van der Waals surface area contributed by atoms with Gasteiger partial charge in [0.25, 0.3) is 5.91 Å². The first-order chi connectivity index (χ1) is 17.0. The molecule has 7 nitrogen and oxygen atoms in total. The Kier molecular flexibility index (Phi) is 9.73. The minimum atomic E-state index is -0.302. The fourth-order valence-corrected chi connectivity index (χ4v) is 4.08. The van der Waals surface area contributed by atoms with Crippen LogP contribution in [0.5, 0.6) is 17.2 Å². The summed E-state index contributed by atoms with van der Waals surface area (Å²) in [5.41, 5.74) is 1.96. The van der Waals surface area contributed by atoms with Gasteiger partial charge in [0.15, 0.2) is 5.78 Å². The third kappa shape index (κ3) is 6.77. The second-order valence-corrected chi connectivity index (χ2v) is 8.56. The number of phenolic OH excluding ortho intramolecular Hbond substituents is 1. The van der Waals surface area contributed by atoms with Crippen molar-refractivity contribution in [3.8, 4) is 17.2 Å². The van der Waals surface area contributed by atoms with E-state index in [0.29, 0.717) is 22.6 Å². The zero-order valence-electron chi connectivity index (χ0n) is 20.2. The van der Waals surface area contributed by atoms with Crippen molar-refractivity contribution in [2.75, 3.05) is 20.2 Å². The lowest BCUT2D eigenvalue weighted by molar-refractivity contribution is 0.0930. The molecule has 3 N–H and O–H groups in total. The SMILES string of the molecule is COc1ccc(O)c(C(=O)c2ccc(COc3ccccc3C(=O)NC3CCCCNC3)cc2)c1.Cl. The molecule has 1 fully saturated rings. The van der Waals surface area contributed by atoms with Crippen molar-refractivity contribution < 1.29 is 24.2 Å². The van der Waals surface area contributed by atoms with E-state index in [4.69, 9.17) is 9.47 Å². The minimum Gasteiger partial charge on any atom is -0.507 e. The second-order valence-electron chi connectivity index (χ2n) is 8.56. The van der Waals surface area contributed by atoms with Crippen LogP contribution in [0.15, 0.2) is 66.7 Å². The maximum atomic E-state index is 12.9. The quantitative estimate of drug-likeness (QED) is 0.386. The number of rotatable bonds is 8. The van der Waals surface area contributed by atoms with Gasteiger partial charge in [0.1, 0.15) is 23.9 Å². The third-order valence-electron chi connectivity index (χ3n) is 6.07. The number of benzene rings is 3. The van der Waals surface area contributed by atoms with Crippen LogP contribution in [0, 0.1) is 0 Å². The number of methoxy groups -OCH3 is 1. The van der Waals surface area contributed by atoms with Crippen LogP contribution in [-0.2, 0) is 6.61 Å². The number of ether oxygens (including phenoxy) is 2. The Morgan fingerprint density at radius 3 is 2.58 bits per heavy atom. The van der Waals surface area contributed by atoms with E-state index in [2.05, 4.69) is 10.6 Å². The minimum absolute atomic E-state index is 0. The van der Waals surface area contributed by atoms with E-state index in [0.717, 1.165) is 37.9 Å².